The fourth-order valence-electron chi connectivity index (χ4n) is 3.26. The van der Waals surface area contributed by atoms with Gasteiger partial charge in [0.1, 0.15) is 0 Å². The van der Waals surface area contributed by atoms with Gasteiger partial charge < -0.3 is 10.2 Å². The van der Waals surface area contributed by atoms with Crippen LogP contribution in [0, 0.1) is 0 Å². The van der Waals surface area contributed by atoms with E-state index >= 15 is 0 Å². The van der Waals surface area contributed by atoms with E-state index in [4.69, 9.17) is 0 Å². The molecule has 3 aromatic rings. The Balaban J connectivity index is 1.35. The van der Waals surface area contributed by atoms with Gasteiger partial charge in [-0.25, -0.2) is 0 Å². The summed E-state index contributed by atoms with van der Waals surface area (Å²) in [4.78, 5) is 32.2. The number of nitrogens with one attached hydrogen (secondary N) is 1. The van der Waals surface area contributed by atoms with Crippen molar-refractivity contribution in [2.24, 2.45) is 0 Å². The molecule has 0 unspecified atom stereocenters. The summed E-state index contributed by atoms with van der Waals surface area (Å²) in [6.07, 6.45) is 3.05. The molecular formula is C20H19N3O2S. The largest absolute Gasteiger partial charge is 0.338 e. The number of aromatic nitrogens is 1. The van der Waals surface area contributed by atoms with Crippen molar-refractivity contribution >= 4 is 39.7 Å². The summed E-state index contributed by atoms with van der Waals surface area (Å²) in [7, 11) is 0. The Kier molecular flexibility index (Phi) is 4.67. The minimum atomic E-state index is -0.150. The third-order valence-corrected chi connectivity index (χ3v) is 5.67. The molecule has 0 saturated heterocycles. The molecule has 0 aliphatic carbocycles. The van der Waals surface area contributed by atoms with Gasteiger partial charge in [-0.3, -0.25) is 14.6 Å². The average Bonchev–Trinajstić information content (AvgIpc) is 3.14. The number of carbonyl (C=O) groups excluding carboxylic acids is 2. The number of carbonyl (C=O) groups is 2. The summed E-state index contributed by atoms with van der Waals surface area (Å²) in [6.45, 7) is 1.40. The molecule has 132 valence electrons. The average molecular weight is 365 g/mol. The molecule has 0 radical (unpaired) electrons. The van der Waals surface area contributed by atoms with Crippen LogP contribution >= 0.6 is 11.3 Å². The van der Waals surface area contributed by atoms with Crippen LogP contribution in [0.25, 0.3) is 10.9 Å². The first-order valence-electron chi connectivity index (χ1n) is 8.67. The molecule has 0 saturated carbocycles. The number of hydrogen-bond donors (Lipinski definition) is 1. The lowest BCUT2D eigenvalue weighted by Crippen LogP contribution is -2.35. The Hall–Kier alpha value is -2.73. The molecule has 2 amide bonds. The summed E-state index contributed by atoms with van der Waals surface area (Å²) in [6, 6.07) is 11.5. The molecular weight excluding hydrogens is 346 g/mol. The van der Waals surface area contributed by atoms with Crippen LogP contribution in [-0.4, -0.2) is 28.2 Å². The van der Waals surface area contributed by atoms with E-state index in [1.807, 2.05) is 35.2 Å². The van der Waals surface area contributed by atoms with Gasteiger partial charge in [-0.15, -0.1) is 11.3 Å². The number of benzene rings is 1. The highest BCUT2D eigenvalue weighted by Crippen LogP contribution is 2.25. The van der Waals surface area contributed by atoms with Crippen LogP contribution in [0.5, 0.6) is 0 Å². The zero-order chi connectivity index (χ0) is 17.9. The van der Waals surface area contributed by atoms with Gasteiger partial charge in [-0.05, 0) is 47.7 Å². The monoisotopic (exact) mass is 365 g/mol. The van der Waals surface area contributed by atoms with E-state index in [2.05, 4.69) is 21.7 Å². The fraction of sp³-hybridized carbons (Fsp3) is 0.250. The van der Waals surface area contributed by atoms with Crippen LogP contribution in [0.15, 0.2) is 48.0 Å². The minimum absolute atomic E-state index is 0.0385. The highest BCUT2D eigenvalue weighted by Gasteiger charge is 2.21. The fourth-order valence-corrected chi connectivity index (χ4v) is 4.15. The lowest BCUT2D eigenvalue weighted by Gasteiger charge is -2.27. The summed E-state index contributed by atoms with van der Waals surface area (Å²) >= 11 is 1.75. The highest BCUT2D eigenvalue weighted by molar-refractivity contribution is 7.10. The van der Waals surface area contributed by atoms with Crippen LogP contribution in [0.4, 0.5) is 5.69 Å². The van der Waals surface area contributed by atoms with E-state index in [0.717, 1.165) is 29.6 Å². The van der Waals surface area contributed by atoms with Gasteiger partial charge in [0.25, 0.3) is 0 Å². The van der Waals surface area contributed by atoms with E-state index in [9.17, 15) is 9.59 Å². The van der Waals surface area contributed by atoms with E-state index in [-0.39, 0.29) is 24.7 Å². The molecule has 0 fully saturated rings. The van der Waals surface area contributed by atoms with E-state index in [1.165, 1.54) is 10.4 Å². The molecule has 1 aliphatic rings. The van der Waals surface area contributed by atoms with Crippen LogP contribution in [0.3, 0.4) is 0 Å². The summed E-state index contributed by atoms with van der Waals surface area (Å²) in [5, 5.41) is 5.88. The molecule has 1 aromatic carbocycles. The number of pyridine rings is 1. The molecule has 0 atom stereocenters. The lowest BCUT2D eigenvalue weighted by molar-refractivity contribution is -0.133. The van der Waals surface area contributed by atoms with Crippen LogP contribution < -0.4 is 5.32 Å². The number of thiophene rings is 1. The second kappa shape index (κ2) is 7.25. The molecule has 1 N–H and O–H groups in total. The molecule has 2 aromatic heterocycles. The second-order valence-corrected chi connectivity index (χ2v) is 7.36. The Bertz CT molecular complexity index is 961. The molecule has 26 heavy (non-hydrogen) atoms. The van der Waals surface area contributed by atoms with Gasteiger partial charge in [-0.1, -0.05) is 6.07 Å². The first-order chi connectivity index (χ1) is 12.7. The van der Waals surface area contributed by atoms with Crippen molar-refractivity contribution in [3.05, 3.63) is 58.4 Å². The minimum Gasteiger partial charge on any atom is -0.338 e. The van der Waals surface area contributed by atoms with Gasteiger partial charge in [-0.2, -0.15) is 0 Å². The Morgan fingerprint density at radius 2 is 2.08 bits per heavy atom. The number of hydrogen-bond acceptors (Lipinski definition) is 4. The van der Waals surface area contributed by atoms with Crippen LogP contribution in [-0.2, 0) is 22.6 Å². The van der Waals surface area contributed by atoms with Crippen LogP contribution in [0.1, 0.15) is 23.3 Å². The Labute approximate surface area is 155 Å². The third kappa shape index (κ3) is 3.46. The molecule has 6 heteroatoms. The van der Waals surface area contributed by atoms with E-state index in [0.29, 0.717) is 6.54 Å². The normalized spacial score (nSPS) is 13.5. The molecule has 4 rings (SSSR count). The van der Waals surface area contributed by atoms with Crippen molar-refractivity contribution in [3.63, 3.8) is 0 Å². The van der Waals surface area contributed by atoms with Crippen molar-refractivity contribution in [2.75, 3.05) is 11.9 Å². The zero-order valence-corrected chi connectivity index (χ0v) is 15.1. The lowest BCUT2D eigenvalue weighted by atomic mass is 10.1. The highest BCUT2D eigenvalue weighted by atomic mass is 32.1. The number of amides is 2. The number of anilines is 1. The van der Waals surface area contributed by atoms with Gasteiger partial charge in [0.2, 0.25) is 11.8 Å². The summed E-state index contributed by atoms with van der Waals surface area (Å²) in [5.41, 5.74) is 2.80. The van der Waals surface area contributed by atoms with Gasteiger partial charge >= 0.3 is 0 Å². The maximum atomic E-state index is 12.4. The molecule has 0 bridgehead atoms. The maximum absolute atomic E-state index is 12.4. The number of rotatable bonds is 4. The van der Waals surface area contributed by atoms with Gasteiger partial charge in [0.05, 0.1) is 11.2 Å². The third-order valence-electron chi connectivity index (χ3n) is 4.65. The molecule has 3 heterocycles. The topological polar surface area (TPSA) is 62.3 Å². The molecule has 5 nitrogen and oxygen atoms in total. The quantitative estimate of drug-likeness (QED) is 0.768. The summed E-state index contributed by atoms with van der Waals surface area (Å²) in [5.74, 6) is -0.112. The smallest absolute Gasteiger partial charge is 0.224 e. The zero-order valence-electron chi connectivity index (χ0n) is 14.3. The van der Waals surface area contributed by atoms with Crippen molar-refractivity contribution in [1.82, 2.24) is 9.88 Å². The van der Waals surface area contributed by atoms with Crippen molar-refractivity contribution in [2.45, 2.75) is 25.8 Å². The number of fused-ring (bicyclic) bond motifs is 2. The first kappa shape index (κ1) is 16.7. The van der Waals surface area contributed by atoms with E-state index < -0.39 is 0 Å². The Morgan fingerprint density at radius 3 is 3.00 bits per heavy atom. The molecule has 1 aliphatic heterocycles. The van der Waals surface area contributed by atoms with Gasteiger partial charge in [0, 0.05) is 42.4 Å². The van der Waals surface area contributed by atoms with Crippen molar-refractivity contribution in [3.8, 4) is 0 Å². The second-order valence-electron chi connectivity index (χ2n) is 6.36. The maximum Gasteiger partial charge on any atom is 0.224 e. The van der Waals surface area contributed by atoms with Gasteiger partial charge in [0.15, 0.2) is 0 Å². The standard InChI is InChI=1S/C20H19N3O2S/c24-19(22-17-5-1-4-16-15(17)3-2-10-21-16)6-7-20(25)23-11-8-18-14(13-23)9-12-26-18/h1-5,9-10,12H,6-8,11,13H2,(H,22,24). The molecule has 0 spiro atoms. The SMILES string of the molecule is O=C(CCC(=O)N1CCc2sccc2C1)Nc1cccc2ncccc12. The number of nitrogens with zero attached hydrogens (tertiary/aromatic N) is 2. The van der Waals surface area contributed by atoms with E-state index in [1.54, 1.807) is 17.5 Å². The van der Waals surface area contributed by atoms with Crippen molar-refractivity contribution < 1.29 is 9.59 Å². The summed E-state index contributed by atoms with van der Waals surface area (Å²) < 4.78 is 0. The predicted octanol–water partition coefficient (Wildman–Crippen LogP) is 3.60. The van der Waals surface area contributed by atoms with Crippen molar-refractivity contribution in [1.29, 1.82) is 0 Å². The first-order valence-corrected chi connectivity index (χ1v) is 9.55. The predicted molar refractivity (Wildman–Crippen MR) is 103 cm³/mol. The Morgan fingerprint density at radius 1 is 1.15 bits per heavy atom. The van der Waals surface area contributed by atoms with Crippen LogP contribution in [0.2, 0.25) is 0 Å².